The van der Waals surface area contributed by atoms with Gasteiger partial charge < -0.3 is 4.74 Å². The van der Waals surface area contributed by atoms with Crippen molar-refractivity contribution < 1.29 is 9.53 Å². The van der Waals surface area contributed by atoms with Gasteiger partial charge in [0.1, 0.15) is 24.5 Å². The lowest BCUT2D eigenvalue weighted by Crippen LogP contribution is -2.55. The summed E-state index contributed by atoms with van der Waals surface area (Å²) in [5.41, 5.74) is 2.36. The normalized spacial score (nSPS) is 12.0. The van der Waals surface area contributed by atoms with Crippen LogP contribution in [0.5, 0.6) is 0 Å². The van der Waals surface area contributed by atoms with Gasteiger partial charge in [-0.05, 0) is 24.3 Å². The maximum Gasteiger partial charge on any atom is 0.330 e. The smallest absolute Gasteiger partial charge is 0.330 e. The van der Waals surface area contributed by atoms with Gasteiger partial charge >= 0.3 is 5.97 Å². The third-order valence-corrected chi connectivity index (χ3v) is 4.68. The summed E-state index contributed by atoms with van der Waals surface area (Å²) in [7, 11) is 8.53. The zero-order valence-electron chi connectivity index (χ0n) is 16.3. The molecule has 0 fully saturated rings. The summed E-state index contributed by atoms with van der Waals surface area (Å²) in [6.07, 6.45) is 0.990. The van der Waals surface area contributed by atoms with E-state index in [1.165, 1.54) is 17.5 Å². The summed E-state index contributed by atoms with van der Waals surface area (Å²) in [5.74, 6) is -0.379. The molecular formula is C22H30N2O2+2. The van der Waals surface area contributed by atoms with Crippen molar-refractivity contribution in [1.29, 1.82) is 0 Å². The van der Waals surface area contributed by atoms with Crippen LogP contribution in [0.3, 0.4) is 0 Å². The Bertz CT molecular complexity index is 671. The lowest BCUT2D eigenvalue weighted by Gasteiger charge is -2.36. The van der Waals surface area contributed by atoms with E-state index < -0.39 is 0 Å². The molecule has 2 rings (SSSR count). The van der Waals surface area contributed by atoms with Gasteiger partial charge in [0, 0.05) is 6.08 Å². The SMILES string of the molecule is C=CC(=O)OC(C[N+](C)(C)c1ccccc1)C[N+](C)(C)c1ccccc1. The average molecular weight is 354 g/mol. The number of likely N-dealkylation sites (N-methyl/N-ethyl adjacent to an activating group) is 2. The Labute approximate surface area is 157 Å². The van der Waals surface area contributed by atoms with Crippen molar-refractivity contribution in [2.45, 2.75) is 6.10 Å². The zero-order chi connectivity index (χ0) is 19.2. The fourth-order valence-corrected chi connectivity index (χ4v) is 3.24. The van der Waals surface area contributed by atoms with Crippen LogP contribution in [0.15, 0.2) is 73.3 Å². The number of nitrogens with zero attached hydrogens (tertiary/aromatic N) is 2. The molecule has 0 aliphatic carbocycles. The number of hydrogen-bond acceptors (Lipinski definition) is 2. The van der Waals surface area contributed by atoms with Crippen LogP contribution in [0.2, 0.25) is 0 Å². The monoisotopic (exact) mass is 354 g/mol. The van der Waals surface area contributed by atoms with Crippen LogP contribution in [-0.4, -0.2) is 53.4 Å². The highest BCUT2D eigenvalue weighted by molar-refractivity contribution is 5.81. The number of esters is 1. The molecule has 0 aliphatic heterocycles. The lowest BCUT2D eigenvalue weighted by atomic mass is 10.2. The minimum absolute atomic E-state index is 0.245. The summed E-state index contributed by atoms with van der Waals surface area (Å²) in [6, 6.07) is 20.5. The molecule has 0 atom stereocenters. The Morgan fingerprint density at radius 3 is 1.62 bits per heavy atom. The zero-order valence-corrected chi connectivity index (χ0v) is 16.3. The molecule has 4 nitrogen and oxygen atoms in total. The van der Waals surface area contributed by atoms with E-state index in [1.54, 1.807) is 0 Å². The summed E-state index contributed by atoms with van der Waals surface area (Å²) in [6.45, 7) is 4.90. The molecule has 0 amide bonds. The van der Waals surface area contributed by atoms with Crippen LogP contribution in [-0.2, 0) is 9.53 Å². The first-order valence-corrected chi connectivity index (χ1v) is 8.85. The van der Waals surface area contributed by atoms with E-state index in [4.69, 9.17) is 4.74 Å². The molecule has 26 heavy (non-hydrogen) atoms. The van der Waals surface area contributed by atoms with Crippen molar-refractivity contribution in [2.24, 2.45) is 0 Å². The number of carbonyl (C=O) groups is 1. The number of carbonyl (C=O) groups excluding carboxylic acids is 1. The largest absolute Gasteiger partial charge is 0.447 e. The highest BCUT2D eigenvalue weighted by Crippen LogP contribution is 2.23. The van der Waals surface area contributed by atoms with E-state index in [-0.39, 0.29) is 12.1 Å². The van der Waals surface area contributed by atoms with Crippen molar-refractivity contribution in [3.8, 4) is 0 Å². The quantitative estimate of drug-likeness (QED) is 0.411. The van der Waals surface area contributed by atoms with Crippen LogP contribution in [0.4, 0.5) is 11.4 Å². The molecule has 0 heterocycles. The molecule has 2 aromatic carbocycles. The van der Waals surface area contributed by atoms with Gasteiger partial charge in [-0.25, -0.2) is 4.79 Å². The number of para-hydroxylation sites is 2. The van der Waals surface area contributed by atoms with Gasteiger partial charge in [0.15, 0.2) is 6.10 Å². The van der Waals surface area contributed by atoms with E-state index >= 15 is 0 Å². The molecule has 0 saturated heterocycles. The van der Waals surface area contributed by atoms with Gasteiger partial charge in [0.25, 0.3) is 0 Å². The minimum atomic E-state index is -0.379. The summed E-state index contributed by atoms with van der Waals surface area (Å²) in [4.78, 5) is 11.9. The van der Waals surface area contributed by atoms with Crippen molar-refractivity contribution in [1.82, 2.24) is 8.97 Å². The topological polar surface area (TPSA) is 26.3 Å². The maximum atomic E-state index is 11.9. The Hall–Kier alpha value is -2.43. The van der Waals surface area contributed by atoms with Crippen LogP contribution in [0.1, 0.15) is 0 Å². The molecule has 2 aromatic rings. The molecule has 0 aromatic heterocycles. The first-order chi connectivity index (χ1) is 12.2. The third-order valence-electron chi connectivity index (χ3n) is 4.68. The van der Waals surface area contributed by atoms with E-state index in [1.807, 2.05) is 36.4 Å². The first-order valence-electron chi connectivity index (χ1n) is 8.85. The second-order valence-corrected chi connectivity index (χ2v) is 7.67. The fourth-order valence-electron chi connectivity index (χ4n) is 3.24. The Kier molecular flexibility index (Phi) is 6.35. The third kappa shape index (κ3) is 5.28. The first kappa shape index (κ1) is 19.9. The van der Waals surface area contributed by atoms with Gasteiger partial charge in [-0.15, -0.1) is 0 Å². The van der Waals surface area contributed by atoms with Crippen molar-refractivity contribution >= 4 is 17.3 Å². The Morgan fingerprint density at radius 1 is 0.885 bits per heavy atom. The van der Waals surface area contributed by atoms with E-state index in [9.17, 15) is 4.79 Å². The highest BCUT2D eigenvalue weighted by Gasteiger charge is 2.33. The van der Waals surface area contributed by atoms with Gasteiger partial charge in [-0.3, -0.25) is 8.97 Å². The molecule has 0 saturated carbocycles. The van der Waals surface area contributed by atoms with E-state index in [0.717, 1.165) is 0 Å². The molecule has 4 heteroatoms. The average Bonchev–Trinajstić information content (AvgIpc) is 2.62. The maximum absolute atomic E-state index is 11.9. The number of ether oxygens (including phenoxy) is 1. The van der Waals surface area contributed by atoms with E-state index in [0.29, 0.717) is 22.1 Å². The van der Waals surface area contributed by atoms with Crippen LogP contribution in [0.25, 0.3) is 0 Å². The molecule has 0 bridgehead atoms. The van der Waals surface area contributed by atoms with Gasteiger partial charge in [0.2, 0.25) is 0 Å². The molecule has 138 valence electrons. The van der Waals surface area contributed by atoms with Crippen LogP contribution in [0, 0.1) is 0 Å². The molecule has 0 aliphatic rings. The van der Waals surface area contributed by atoms with Crippen LogP contribution < -0.4 is 8.97 Å². The van der Waals surface area contributed by atoms with Gasteiger partial charge in [-0.2, -0.15) is 0 Å². The van der Waals surface area contributed by atoms with Crippen molar-refractivity contribution in [3.05, 3.63) is 73.3 Å². The van der Waals surface area contributed by atoms with Gasteiger partial charge in [-0.1, -0.05) is 43.0 Å². The fraction of sp³-hybridized carbons (Fsp3) is 0.318. The summed E-state index contributed by atoms with van der Waals surface area (Å²) in [5, 5.41) is 0. The molecular weight excluding hydrogens is 324 g/mol. The Morgan fingerprint density at radius 2 is 1.27 bits per heavy atom. The molecule has 0 spiro atoms. The minimum Gasteiger partial charge on any atom is -0.447 e. The summed E-state index contributed by atoms with van der Waals surface area (Å²) >= 11 is 0. The van der Waals surface area contributed by atoms with Gasteiger partial charge in [0.05, 0.1) is 28.2 Å². The van der Waals surface area contributed by atoms with E-state index in [2.05, 4.69) is 59.0 Å². The van der Waals surface area contributed by atoms with Crippen molar-refractivity contribution in [3.63, 3.8) is 0 Å². The number of benzene rings is 2. The second kappa shape index (κ2) is 8.30. The Balaban J connectivity index is 2.23. The highest BCUT2D eigenvalue weighted by atomic mass is 16.5. The lowest BCUT2D eigenvalue weighted by molar-refractivity contribution is -0.144. The van der Waals surface area contributed by atoms with Crippen molar-refractivity contribution in [2.75, 3.05) is 41.3 Å². The number of rotatable bonds is 8. The summed E-state index contributed by atoms with van der Waals surface area (Å²) < 4.78 is 6.99. The predicted octanol–water partition coefficient (Wildman–Crippen LogP) is 3.62. The second-order valence-electron chi connectivity index (χ2n) is 7.67. The molecule has 0 radical (unpaired) electrons. The standard InChI is InChI=1S/C22H30N2O2/c1-6-22(25)26-21(17-23(2,3)19-13-9-7-10-14-19)18-24(4,5)20-15-11-8-12-16-20/h6-16,21H,1,17-18H2,2-5H3/q+2. The molecule has 0 unspecified atom stereocenters. The number of quaternary nitrogens is 2. The number of hydrogen-bond donors (Lipinski definition) is 0. The molecule has 0 N–H and O–H groups in total. The van der Waals surface area contributed by atoms with Crippen LogP contribution >= 0.6 is 0 Å². The predicted molar refractivity (Wildman–Crippen MR) is 110 cm³/mol.